The van der Waals surface area contributed by atoms with E-state index < -0.39 is 17.7 Å². The maximum Gasteiger partial charge on any atom is 0.295 e. The van der Waals surface area contributed by atoms with Gasteiger partial charge in [-0.3, -0.25) is 9.59 Å². The van der Waals surface area contributed by atoms with Crippen LogP contribution in [0, 0.1) is 0 Å². The normalized spacial score (nSPS) is 16.6. The number of carbonyl (C=O) groups excluding carboxylic acids is 2. The van der Waals surface area contributed by atoms with E-state index in [9.17, 15) is 14.7 Å². The molecule has 1 saturated heterocycles. The van der Waals surface area contributed by atoms with Gasteiger partial charge < -0.3 is 29.0 Å². The van der Waals surface area contributed by atoms with E-state index in [1.165, 1.54) is 19.1 Å². The van der Waals surface area contributed by atoms with E-state index in [1.807, 2.05) is 38.1 Å². The first kappa shape index (κ1) is 26.6. The van der Waals surface area contributed by atoms with Crippen LogP contribution in [-0.2, 0) is 16.1 Å². The third kappa shape index (κ3) is 5.29. The summed E-state index contributed by atoms with van der Waals surface area (Å²) in [6, 6.07) is 18.4. The Balaban J connectivity index is 1.81. The van der Waals surface area contributed by atoms with Crippen LogP contribution in [0.2, 0.25) is 0 Å². The molecule has 0 bridgehead atoms. The lowest BCUT2D eigenvalue weighted by atomic mass is 9.94. The van der Waals surface area contributed by atoms with Crippen LogP contribution in [0.15, 0.2) is 72.3 Å². The molecule has 1 fully saturated rings. The van der Waals surface area contributed by atoms with Gasteiger partial charge in [-0.25, -0.2) is 0 Å². The highest BCUT2D eigenvalue weighted by atomic mass is 16.5. The molecule has 1 N–H and O–H groups in total. The Bertz CT molecular complexity index is 1340. The van der Waals surface area contributed by atoms with Crippen LogP contribution in [0.1, 0.15) is 36.6 Å². The molecule has 0 saturated carbocycles. The van der Waals surface area contributed by atoms with Crippen LogP contribution in [0.4, 0.5) is 0 Å². The predicted molar refractivity (Wildman–Crippen MR) is 143 cm³/mol. The number of rotatable bonds is 9. The monoisotopic (exact) mass is 517 g/mol. The van der Waals surface area contributed by atoms with Gasteiger partial charge >= 0.3 is 0 Å². The molecule has 3 aromatic rings. The third-order valence-corrected chi connectivity index (χ3v) is 6.28. The fraction of sp³-hybridized carbons (Fsp3) is 0.267. The standard InChI is InChI=1S/C30H31NO7/c1-18(2)38-22-10-6-19(7-11-22)17-31-27(20-8-12-21(35-3)13-9-20)26(29(33)30(31)34)28(32)24-15-14-23(36-4)16-25(24)37-5/h6-16,18,27,32H,17H2,1-5H3/b28-26-. The number of hydrogen-bond acceptors (Lipinski definition) is 7. The van der Waals surface area contributed by atoms with Crippen molar-refractivity contribution in [2.75, 3.05) is 21.3 Å². The zero-order valence-corrected chi connectivity index (χ0v) is 22.1. The lowest BCUT2D eigenvalue weighted by Gasteiger charge is -2.26. The summed E-state index contributed by atoms with van der Waals surface area (Å²) in [7, 11) is 4.53. The Morgan fingerprint density at radius 3 is 2.03 bits per heavy atom. The smallest absolute Gasteiger partial charge is 0.295 e. The molecule has 1 aliphatic heterocycles. The van der Waals surface area contributed by atoms with Gasteiger partial charge in [0.05, 0.1) is 44.6 Å². The zero-order valence-electron chi connectivity index (χ0n) is 22.1. The summed E-state index contributed by atoms with van der Waals surface area (Å²) < 4.78 is 21.7. The van der Waals surface area contributed by atoms with E-state index >= 15 is 0 Å². The molecule has 4 rings (SSSR count). The van der Waals surface area contributed by atoms with Gasteiger partial charge in [-0.1, -0.05) is 24.3 Å². The lowest BCUT2D eigenvalue weighted by molar-refractivity contribution is -0.140. The molecular formula is C30H31NO7. The number of aliphatic hydroxyl groups is 1. The van der Waals surface area contributed by atoms with E-state index in [-0.39, 0.29) is 29.5 Å². The number of Topliss-reactive ketones (excluding diaryl/α,β-unsaturated/α-hetero) is 1. The maximum absolute atomic E-state index is 13.4. The number of ketones is 1. The number of aliphatic hydroxyl groups excluding tert-OH is 1. The number of carbonyl (C=O) groups is 2. The highest BCUT2D eigenvalue weighted by Crippen LogP contribution is 2.42. The van der Waals surface area contributed by atoms with Crippen molar-refractivity contribution >= 4 is 17.4 Å². The minimum absolute atomic E-state index is 0.0246. The van der Waals surface area contributed by atoms with E-state index in [1.54, 1.807) is 49.6 Å². The fourth-order valence-corrected chi connectivity index (χ4v) is 4.46. The second-order valence-electron chi connectivity index (χ2n) is 9.08. The van der Waals surface area contributed by atoms with Crippen LogP contribution in [0.25, 0.3) is 5.76 Å². The molecule has 0 aliphatic carbocycles. The highest BCUT2D eigenvalue weighted by Gasteiger charge is 2.46. The van der Waals surface area contributed by atoms with Crippen molar-refractivity contribution in [3.63, 3.8) is 0 Å². The molecule has 1 unspecified atom stereocenters. The third-order valence-electron chi connectivity index (χ3n) is 6.28. The van der Waals surface area contributed by atoms with Crippen LogP contribution in [0.3, 0.4) is 0 Å². The summed E-state index contributed by atoms with van der Waals surface area (Å²) in [5.41, 5.74) is 1.71. The summed E-state index contributed by atoms with van der Waals surface area (Å²) in [6.07, 6.45) is 0.0312. The van der Waals surface area contributed by atoms with E-state index in [4.69, 9.17) is 18.9 Å². The molecule has 198 valence electrons. The van der Waals surface area contributed by atoms with Crippen LogP contribution >= 0.6 is 0 Å². The Morgan fingerprint density at radius 2 is 1.45 bits per heavy atom. The van der Waals surface area contributed by atoms with Crippen molar-refractivity contribution in [2.45, 2.75) is 32.5 Å². The Morgan fingerprint density at radius 1 is 0.842 bits per heavy atom. The second-order valence-corrected chi connectivity index (χ2v) is 9.08. The van der Waals surface area contributed by atoms with Gasteiger partial charge in [0.25, 0.3) is 11.7 Å². The molecule has 0 spiro atoms. The second kappa shape index (κ2) is 11.3. The van der Waals surface area contributed by atoms with Gasteiger partial charge in [-0.2, -0.15) is 0 Å². The first-order valence-corrected chi connectivity index (χ1v) is 12.2. The molecule has 0 radical (unpaired) electrons. The summed E-state index contributed by atoms with van der Waals surface area (Å²) in [5.74, 6) is 0.361. The van der Waals surface area contributed by atoms with Gasteiger partial charge in [0.2, 0.25) is 0 Å². The number of hydrogen-bond donors (Lipinski definition) is 1. The Hall–Kier alpha value is -4.46. The highest BCUT2D eigenvalue weighted by molar-refractivity contribution is 6.46. The predicted octanol–water partition coefficient (Wildman–Crippen LogP) is 5.12. The topological polar surface area (TPSA) is 94.5 Å². The number of ether oxygens (including phenoxy) is 4. The molecule has 38 heavy (non-hydrogen) atoms. The summed E-state index contributed by atoms with van der Waals surface area (Å²) in [6.45, 7) is 4.04. The van der Waals surface area contributed by atoms with Gasteiger partial charge in [0, 0.05) is 12.6 Å². The zero-order chi connectivity index (χ0) is 27.4. The molecular weight excluding hydrogens is 486 g/mol. The van der Waals surface area contributed by atoms with Crippen molar-refractivity contribution in [3.05, 3.63) is 89.0 Å². The van der Waals surface area contributed by atoms with Crippen molar-refractivity contribution < 1.29 is 33.6 Å². The molecule has 1 atom stereocenters. The first-order valence-electron chi connectivity index (χ1n) is 12.2. The van der Waals surface area contributed by atoms with Crippen LogP contribution in [0.5, 0.6) is 23.0 Å². The number of benzene rings is 3. The first-order chi connectivity index (χ1) is 18.3. The summed E-state index contributed by atoms with van der Waals surface area (Å²) >= 11 is 0. The molecule has 1 aliphatic rings. The molecule has 0 aromatic heterocycles. The quantitative estimate of drug-likeness (QED) is 0.239. The van der Waals surface area contributed by atoms with E-state index in [0.29, 0.717) is 28.6 Å². The van der Waals surface area contributed by atoms with E-state index in [0.717, 1.165) is 5.56 Å². The Labute approximate surface area is 222 Å². The maximum atomic E-state index is 13.4. The summed E-state index contributed by atoms with van der Waals surface area (Å²) in [4.78, 5) is 28.2. The number of nitrogens with zero attached hydrogens (tertiary/aromatic N) is 1. The minimum atomic E-state index is -0.834. The Kier molecular flexibility index (Phi) is 7.90. The number of amides is 1. The van der Waals surface area contributed by atoms with Crippen molar-refractivity contribution in [3.8, 4) is 23.0 Å². The van der Waals surface area contributed by atoms with Crippen LogP contribution in [-0.4, -0.2) is 49.1 Å². The molecule has 1 amide bonds. The van der Waals surface area contributed by atoms with Crippen molar-refractivity contribution in [2.24, 2.45) is 0 Å². The minimum Gasteiger partial charge on any atom is -0.507 e. The van der Waals surface area contributed by atoms with Crippen molar-refractivity contribution in [1.29, 1.82) is 0 Å². The largest absolute Gasteiger partial charge is 0.507 e. The number of methoxy groups -OCH3 is 3. The van der Waals surface area contributed by atoms with E-state index in [2.05, 4.69) is 0 Å². The molecule has 1 heterocycles. The average Bonchev–Trinajstić information content (AvgIpc) is 3.18. The van der Waals surface area contributed by atoms with Crippen LogP contribution < -0.4 is 18.9 Å². The molecule has 3 aromatic carbocycles. The average molecular weight is 518 g/mol. The fourth-order valence-electron chi connectivity index (χ4n) is 4.46. The lowest BCUT2D eigenvalue weighted by Crippen LogP contribution is -2.29. The molecule has 8 heteroatoms. The van der Waals surface area contributed by atoms with Gasteiger partial charge in [0.15, 0.2) is 0 Å². The van der Waals surface area contributed by atoms with Gasteiger partial charge in [0.1, 0.15) is 28.8 Å². The van der Waals surface area contributed by atoms with Gasteiger partial charge in [-0.05, 0) is 61.4 Å². The summed E-state index contributed by atoms with van der Waals surface area (Å²) in [5, 5.41) is 11.4. The van der Waals surface area contributed by atoms with Gasteiger partial charge in [-0.15, -0.1) is 0 Å². The van der Waals surface area contributed by atoms with Crippen molar-refractivity contribution in [1.82, 2.24) is 4.90 Å². The molecule has 8 nitrogen and oxygen atoms in total. The number of likely N-dealkylation sites (tertiary alicyclic amines) is 1. The SMILES string of the molecule is COc1ccc(C2/C(=C(/O)c3ccc(OC)cc3OC)C(=O)C(=O)N2Cc2ccc(OC(C)C)cc2)cc1.